The molecule has 0 heterocycles. The van der Waals surface area contributed by atoms with Crippen LogP contribution in [-0.2, 0) is 4.79 Å². The molecule has 2 nitrogen and oxygen atoms in total. The molecule has 4 aliphatic rings. The molecule has 1 N–H and O–H groups in total. The Balaban J connectivity index is 1.49. The van der Waals surface area contributed by atoms with E-state index in [2.05, 4.69) is 0 Å². The zero-order valence-electron chi connectivity index (χ0n) is 10.6. The van der Waals surface area contributed by atoms with Gasteiger partial charge >= 0.3 is 5.97 Å². The maximum Gasteiger partial charge on any atom is 0.303 e. The Morgan fingerprint density at radius 3 is 2.06 bits per heavy atom. The van der Waals surface area contributed by atoms with Gasteiger partial charge in [0.2, 0.25) is 0 Å². The number of carboxylic acid groups (broad SMARTS) is 1. The monoisotopic (exact) mass is 236 g/mol. The molecule has 4 saturated carbocycles. The average Bonchev–Trinajstić information content (AvgIpc) is 2.25. The summed E-state index contributed by atoms with van der Waals surface area (Å²) in [4.78, 5) is 10.5. The van der Waals surface area contributed by atoms with Gasteiger partial charge in [0.15, 0.2) is 0 Å². The summed E-state index contributed by atoms with van der Waals surface area (Å²) >= 11 is 0. The summed E-state index contributed by atoms with van der Waals surface area (Å²) in [6.45, 7) is 0. The highest BCUT2D eigenvalue weighted by molar-refractivity contribution is 5.66. The second-order valence-corrected chi connectivity index (χ2v) is 6.73. The van der Waals surface area contributed by atoms with Gasteiger partial charge in [-0.3, -0.25) is 4.79 Å². The van der Waals surface area contributed by atoms with Gasteiger partial charge in [0, 0.05) is 6.42 Å². The highest BCUT2D eigenvalue weighted by Gasteiger charge is 2.47. The number of carboxylic acids is 1. The first-order valence-electron chi connectivity index (χ1n) is 7.44. The SMILES string of the molecule is O=C(O)CCCCC1C2CC3CC(C2)CC1C3. The van der Waals surface area contributed by atoms with Crippen molar-refractivity contribution in [1.29, 1.82) is 0 Å². The Morgan fingerprint density at radius 1 is 0.941 bits per heavy atom. The molecule has 96 valence electrons. The Kier molecular flexibility index (Phi) is 3.14. The Morgan fingerprint density at radius 2 is 1.53 bits per heavy atom. The molecule has 4 rings (SSSR count). The van der Waals surface area contributed by atoms with E-state index in [1.807, 2.05) is 0 Å². The van der Waals surface area contributed by atoms with Gasteiger partial charge < -0.3 is 5.11 Å². The molecule has 0 radical (unpaired) electrons. The Hall–Kier alpha value is -0.530. The van der Waals surface area contributed by atoms with E-state index in [1.54, 1.807) is 0 Å². The normalized spacial score (nSPS) is 42.9. The van der Waals surface area contributed by atoms with Crippen LogP contribution >= 0.6 is 0 Å². The van der Waals surface area contributed by atoms with Gasteiger partial charge in [-0.05, 0) is 74.5 Å². The number of aliphatic carboxylic acids is 1. The van der Waals surface area contributed by atoms with Crippen molar-refractivity contribution >= 4 is 5.97 Å². The van der Waals surface area contributed by atoms with Gasteiger partial charge in [0.25, 0.3) is 0 Å². The van der Waals surface area contributed by atoms with Crippen LogP contribution in [-0.4, -0.2) is 11.1 Å². The van der Waals surface area contributed by atoms with Crippen molar-refractivity contribution in [1.82, 2.24) is 0 Å². The third-order valence-electron chi connectivity index (χ3n) is 5.60. The van der Waals surface area contributed by atoms with Crippen molar-refractivity contribution in [2.24, 2.45) is 29.6 Å². The van der Waals surface area contributed by atoms with Gasteiger partial charge in [0.1, 0.15) is 0 Å². The summed E-state index contributed by atoms with van der Waals surface area (Å²) in [5, 5.41) is 8.65. The van der Waals surface area contributed by atoms with Crippen molar-refractivity contribution in [2.75, 3.05) is 0 Å². The first kappa shape index (κ1) is 11.6. The minimum atomic E-state index is -0.630. The molecule has 0 amide bonds. The van der Waals surface area contributed by atoms with Crippen LogP contribution in [0.15, 0.2) is 0 Å². The molecule has 0 aromatic heterocycles. The number of carbonyl (C=O) groups is 1. The smallest absolute Gasteiger partial charge is 0.303 e. The van der Waals surface area contributed by atoms with Crippen LogP contribution < -0.4 is 0 Å². The lowest BCUT2D eigenvalue weighted by atomic mass is 9.51. The molecule has 2 heteroatoms. The van der Waals surface area contributed by atoms with E-state index in [1.165, 1.54) is 38.5 Å². The summed E-state index contributed by atoms with van der Waals surface area (Å²) in [6, 6.07) is 0. The fourth-order valence-corrected chi connectivity index (χ4v) is 5.17. The summed E-state index contributed by atoms with van der Waals surface area (Å²) in [5.74, 6) is 4.47. The molecule has 0 atom stereocenters. The third-order valence-corrected chi connectivity index (χ3v) is 5.60. The number of hydrogen-bond donors (Lipinski definition) is 1. The molecule has 0 unspecified atom stereocenters. The van der Waals surface area contributed by atoms with Crippen molar-refractivity contribution in [2.45, 2.75) is 57.8 Å². The number of hydrogen-bond acceptors (Lipinski definition) is 1. The van der Waals surface area contributed by atoms with E-state index in [0.29, 0.717) is 6.42 Å². The standard InChI is InChI=1S/C15H24O2/c16-15(17)4-2-1-3-14-12-6-10-5-11(8-12)9-13(14)7-10/h10-14H,1-9H2,(H,16,17). The Bertz CT molecular complexity index is 269. The van der Waals surface area contributed by atoms with Gasteiger partial charge in [-0.25, -0.2) is 0 Å². The van der Waals surface area contributed by atoms with Crippen LogP contribution in [0.1, 0.15) is 57.8 Å². The summed E-state index contributed by atoms with van der Waals surface area (Å²) in [7, 11) is 0. The molecule has 0 saturated heterocycles. The zero-order chi connectivity index (χ0) is 11.8. The fraction of sp³-hybridized carbons (Fsp3) is 0.933. The number of unbranched alkanes of at least 4 members (excludes halogenated alkanes) is 1. The highest BCUT2D eigenvalue weighted by Crippen LogP contribution is 2.57. The van der Waals surface area contributed by atoms with E-state index >= 15 is 0 Å². The van der Waals surface area contributed by atoms with E-state index < -0.39 is 5.97 Å². The number of rotatable bonds is 5. The summed E-state index contributed by atoms with van der Waals surface area (Å²) in [5.41, 5.74) is 0. The van der Waals surface area contributed by atoms with Crippen molar-refractivity contribution in [3.05, 3.63) is 0 Å². The topological polar surface area (TPSA) is 37.3 Å². The van der Waals surface area contributed by atoms with Crippen LogP contribution in [0.5, 0.6) is 0 Å². The van der Waals surface area contributed by atoms with Crippen molar-refractivity contribution in [3.8, 4) is 0 Å². The molecule has 4 fully saturated rings. The fourth-order valence-electron chi connectivity index (χ4n) is 5.17. The van der Waals surface area contributed by atoms with Gasteiger partial charge in [0.05, 0.1) is 0 Å². The van der Waals surface area contributed by atoms with Crippen LogP contribution in [0.2, 0.25) is 0 Å². The lowest BCUT2D eigenvalue weighted by Crippen LogP contribution is -2.44. The lowest BCUT2D eigenvalue weighted by Gasteiger charge is -2.54. The molecule has 0 spiro atoms. The van der Waals surface area contributed by atoms with Gasteiger partial charge in [-0.15, -0.1) is 0 Å². The van der Waals surface area contributed by atoms with E-state index in [9.17, 15) is 4.79 Å². The van der Waals surface area contributed by atoms with Crippen molar-refractivity contribution < 1.29 is 9.90 Å². The predicted octanol–water partition coefficient (Wildman–Crippen LogP) is 3.70. The van der Waals surface area contributed by atoms with Crippen LogP contribution in [0.3, 0.4) is 0 Å². The largest absolute Gasteiger partial charge is 0.481 e. The van der Waals surface area contributed by atoms with E-state index in [4.69, 9.17) is 5.11 Å². The second kappa shape index (κ2) is 4.62. The van der Waals surface area contributed by atoms with Crippen molar-refractivity contribution in [3.63, 3.8) is 0 Å². The quantitative estimate of drug-likeness (QED) is 0.739. The predicted molar refractivity (Wildman–Crippen MR) is 66.6 cm³/mol. The maximum absolute atomic E-state index is 10.5. The maximum atomic E-state index is 10.5. The molecule has 0 aliphatic heterocycles. The van der Waals surface area contributed by atoms with Crippen LogP contribution in [0, 0.1) is 29.6 Å². The lowest BCUT2D eigenvalue weighted by molar-refractivity contribution is -0.137. The van der Waals surface area contributed by atoms with Gasteiger partial charge in [-0.1, -0.05) is 6.42 Å². The van der Waals surface area contributed by atoms with E-state index in [-0.39, 0.29) is 0 Å². The molecule has 0 aromatic rings. The molecule has 4 bridgehead atoms. The first-order valence-corrected chi connectivity index (χ1v) is 7.44. The zero-order valence-corrected chi connectivity index (χ0v) is 10.6. The van der Waals surface area contributed by atoms with Gasteiger partial charge in [-0.2, -0.15) is 0 Å². The third kappa shape index (κ3) is 2.36. The molecule has 4 aliphatic carbocycles. The highest BCUT2D eigenvalue weighted by atomic mass is 16.4. The molecule has 17 heavy (non-hydrogen) atoms. The van der Waals surface area contributed by atoms with E-state index in [0.717, 1.165) is 42.4 Å². The molecular weight excluding hydrogens is 212 g/mol. The minimum absolute atomic E-state index is 0.368. The molecule has 0 aromatic carbocycles. The first-order chi connectivity index (χ1) is 8.22. The average molecular weight is 236 g/mol. The minimum Gasteiger partial charge on any atom is -0.481 e. The summed E-state index contributed by atoms with van der Waals surface area (Å²) in [6.07, 6.45) is 11.2. The Labute approximate surface area is 104 Å². The van der Waals surface area contributed by atoms with Crippen LogP contribution in [0.25, 0.3) is 0 Å². The second-order valence-electron chi connectivity index (χ2n) is 6.73. The van der Waals surface area contributed by atoms with Crippen LogP contribution in [0.4, 0.5) is 0 Å². The summed E-state index contributed by atoms with van der Waals surface area (Å²) < 4.78 is 0. The molecular formula is C15H24O2.